The molecule has 0 saturated carbocycles. The molecule has 0 atom stereocenters. The van der Waals surface area contributed by atoms with E-state index in [2.05, 4.69) is 6.92 Å². The predicted molar refractivity (Wildman–Crippen MR) is 67.6 cm³/mol. The van der Waals surface area contributed by atoms with Gasteiger partial charge in [0.15, 0.2) is 0 Å². The number of thioether (sulfide) groups is 1. The largest absolute Gasteiger partial charge is 0.392 e. The van der Waals surface area contributed by atoms with E-state index in [1.807, 2.05) is 30.0 Å². The van der Waals surface area contributed by atoms with Gasteiger partial charge in [-0.25, -0.2) is 0 Å². The molecule has 1 aromatic rings. The third-order valence-electron chi connectivity index (χ3n) is 2.21. The summed E-state index contributed by atoms with van der Waals surface area (Å²) in [6.07, 6.45) is 3.79. The second-order valence-corrected chi connectivity index (χ2v) is 5.04. The maximum atomic E-state index is 8.96. The van der Waals surface area contributed by atoms with Gasteiger partial charge in [-0.2, -0.15) is 0 Å². The lowest BCUT2D eigenvalue weighted by molar-refractivity contribution is 0.282. The van der Waals surface area contributed by atoms with E-state index in [0.29, 0.717) is 5.02 Å². The topological polar surface area (TPSA) is 20.2 Å². The van der Waals surface area contributed by atoms with Crippen LogP contribution in [-0.2, 0) is 6.61 Å². The van der Waals surface area contributed by atoms with E-state index in [4.69, 9.17) is 16.7 Å². The van der Waals surface area contributed by atoms with Crippen LogP contribution in [0.15, 0.2) is 23.1 Å². The van der Waals surface area contributed by atoms with Crippen molar-refractivity contribution in [2.24, 2.45) is 0 Å². The standard InChI is InChI=1S/C12H17ClOS/c1-2-3-4-7-15-11-6-5-10(9-14)12(13)8-11/h5-6,8,14H,2-4,7,9H2,1H3. The van der Waals surface area contributed by atoms with Crippen molar-refractivity contribution in [2.45, 2.75) is 37.7 Å². The minimum Gasteiger partial charge on any atom is -0.392 e. The van der Waals surface area contributed by atoms with Crippen molar-refractivity contribution in [3.63, 3.8) is 0 Å². The molecule has 0 bridgehead atoms. The van der Waals surface area contributed by atoms with Crippen molar-refractivity contribution < 1.29 is 5.11 Å². The van der Waals surface area contributed by atoms with E-state index in [9.17, 15) is 0 Å². The highest BCUT2D eigenvalue weighted by molar-refractivity contribution is 7.99. The molecule has 0 heterocycles. The zero-order valence-corrected chi connectivity index (χ0v) is 10.6. The highest BCUT2D eigenvalue weighted by Crippen LogP contribution is 2.25. The van der Waals surface area contributed by atoms with Crippen molar-refractivity contribution in [1.82, 2.24) is 0 Å². The maximum absolute atomic E-state index is 8.96. The fraction of sp³-hybridized carbons (Fsp3) is 0.500. The molecule has 0 unspecified atom stereocenters. The molecule has 0 saturated heterocycles. The number of benzene rings is 1. The zero-order valence-electron chi connectivity index (χ0n) is 9.00. The van der Waals surface area contributed by atoms with E-state index in [0.717, 1.165) is 11.3 Å². The van der Waals surface area contributed by atoms with E-state index >= 15 is 0 Å². The number of unbranched alkanes of at least 4 members (excludes halogenated alkanes) is 2. The Bertz CT molecular complexity index is 302. The van der Waals surface area contributed by atoms with Crippen LogP contribution in [0.1, 0.15) is 31.7 Å². The van der Waals surface area contributed by atoms with Crippen LogP contribution in [0, 0.1) is 0 Å². The first-order valence-electron chi connectivity index (χ1n) is 5.30. The molecule has 0 amide bonds. The van der Waals surface area contributed by atoms with E-state index < -0.39 is 0 Å². The summed E-state index contributed by atoms with van der Waals surface area (Å²) < 4.78 is 0. The number of halogens is 1. The maximum Gasteiger partial charge on any atom is 0.0696 e. The highest BCUT2D eigenvalue weighted by Gasteiger charge is 2.01. The van der Waals surface area contributed by atoms with Gasteiger partial charge in [0.25, 0.3) is 0 Å². The summed E-state index contributed by atoms with van der Waals surface area (Å²) in [5.74, 6) is 1.14. The van der Waals surface area contributed by atoms with Crippen LogP contribution < -0.4 is 0 Å². The number of aliphatic hydroxyl groups excluding tert-OH is 1. The lowest BCUT2D eigenvalue weighted by Gasteiger charge is -2.04. The smallest absolute Gasteiger partial charge is 0.0696 e. The van der Waals surface area contributed by atoms with E-state index in [-0.39, 0.29) is 6.61 Å². The molecule has 15 heavy (non-hydrogen) atoms. The summed E-state index contributed by atoms with van der Waals surface area (Å²) in [4.78, 5) is 1.19. The molecule has 0 radical (unpaired) electrons. The average Bonchev–Trinajstić information content (AvgIpc) is 2.25. The van der Waals surface area contributed by atoms with Crippen molar-refractivity contribution in [3.05, 3.63) is 28.8 Å². The van der Waals surface area contributed by atoms with Crippen LogP contribution in [0.4, 0.5) is 0 Å². The molecule has 1 nitrogen and oxygen atoms in total. The molecule has 0 aromatic heterocycles. The molecule has 0 aliphatic heterocycles. The second kappa shape index (κ2) is 7.15. The molecule has 1 aromatic carbocycles. The first-order chi connectivity index (χ1) is 7.27. The fourth-order valence-corrected chi connectivity index (χ4v) is 2.54. The molecule has 3 heteroatoms. The summed E-state index contributed by atoms with van der Waals surface area (Å²) in [5.41, 5.74) is 0.801. The van der Waals surface area contributed by atoms with Gasteiger partial charge in [0.1, 0.15) is 0 Å². The summed E-state index contributed by atoms with van der Waals surface area (Å²) in [5, 5.41) is 9.63. The normalized spacial score (nSPS) is 10.6. The predicted octanol–water partition coefficient (Wildman–Crippen LogP) is 4.11. The van der Waals surface area contributed by atoms with Gasteiger partial charge in [0.2, 0.25) is 0 Å². The Morgan fingerprint density at radius 1 is 1.33 bits per heavy atom. The Labute approximate surface area is 101 Å². The molecule has 0 fully saturated rings. The van der Waals surface area contributed by atoms with Gasteiger partial charge in [-0.3, -0.25) is 0 Å². The Morgan fingerprint density at radius 2 is 2.13 bits per heavy atom. The van der Waals surface area contributed by atoms with Gasteiger partial charge >= 0.3 is 0 Å². The average molecular weight is 245 g/mol. The second-order valence-electron chi connectivity index (χ2n) is 3.47. The number of hydrogen-bond donors (Lipinski definition) is 1. The minimum atomic E-state index is 0.0135. The van der Waals surface area contributed by atoms with Crippen molar-refractivity contribution in [2.75, 3.05) is 5.75 Å². The summed E-state index contributed by atoms with van der Waals surface area (Å²) in [7, 11) is 0. The van der Waals surface area contributed by atoms with E-state index in [1.54, 1.807) is 0 Å². The molecule has 84 valence electrons. The van der Waals surface area contributed by atoms with Crippen LogP contribution in [0.5, 0.6) is 0 Å². The first kappa shape index (κ1) is 12.9. The molecular formula is C12H17ClOS. The summed E-state index contributed by atoms with van der Waals surface area (Å²) >= 11 is 7.82. The van der Waals surface area contributed by atoms with Gasteiger partial charge in [0, 0.05) is 9.92 Å². The van der Waals surface area contributed by atoms with Gasteiger partial charge in [-0.1, -0.05) is 37.4 Å². The third-order valence-corrected chi connectivity index (χ3v) is 3.64. The molecule has 0 aliphatic rings. The zero-order chi connectivity index (χ0) is 11.1. The number of aliphatic hydroxyl groups is 1. The molecule has 0 aliphatic carbocycles. The third kappa shape index (κ3) is 4.45. The van der Waals surface area contributed by atoms with Crippen LogP contribution >= 0.6 is 23.4 Å². The Balaban J connectivity index is 2.45. The Morgan fingerprint density at radius 3 is 2.73 bits per heavy atom. The lowest BCUT2D eigenvalue weighted by Crippen LogP contribution is -1.86. The van der Waals surface area contributed by atoms with Crippen LogP contribution in [-0.4, -0.2) is 10.9 Å². The number of rotatable bonds is 6. The van der Waals surface area contributed by atoms with E-state index in [1.165, 1.54) is 24.2 Å². The summed E-state index contributed by atoms with van der Waals surface area (Å²) in [6.45, 7) is 2.22. The minimum absolute atomic E-state index is 0.0135. The fourth-order valence-electron chi connectivity index (χ4n) is 1.29. The molecule has 1 rings (SSSR count). The van der Waals surface area contributed by atoms with Crippen LogP contribution in [0.2, 0.25) is 5.02 Å². The molecule has 0 spiro atoms. The first-order valence-corrected chi connectivity index (χ1v) is 6.66. The van der Waals surface area contributed by atoms with Gasteiger partial charge in [-0.05, 0) is 29.9 Å². The molecular weight excluding hydrogens is 228 g/mol. The van der Waals surface area contributed by atoms with Crippen LogP contribution in [0.3, 0.4) is 0 Å². The van der Waals surface area contributed by atoms with Gasteiger partial charge < -0.3 is 5.11 Å². The van der Waals surface area contributed by atoms with Crippen molar-refractivity contribution in [1.29, 1.82) is 0 Å². The van der Waals surface area contributed by atoms with Gasteiger partial charge in [-0.15, -0.1) is 11.8 Å². The quantitative estimate of drug-likeness (QED) is 0.600. The SMILES string of the molecule is CCCCCSc1ccc(CO)c(Cl)c1. The molecule has 1 N–H and O–H groups in total. The Kier molecular flexibility index (Phi) is 6.15. The Hall–Kier alpha value is -0.180. The summed E-state index contributed by atoms with van der Waals surface area (Å²) in [6, 6.07) is 5.85. The highest BCUT2D eigenvalue weighted by atomic mass is 35.5. The van der Waals surface area contributed by atoms with Crippen LogP contribution in [0.25, 0.3) is 0 Å². The number of hydrogen-bond acceptors (Lipinski definition) is 2. The monoisotopic (exact) mass is 244 g/mol. The van der Waals surface area contributed by atoms with Crippen molar-refractivity contribution in [3.8, 4) is 0 Å². The van der Waals surface area contributed by atoms with Gasteiger partial charge in [0.05, 0.1) is 6.61 Å². The van der Waals surface area contributed by atoms with Crippen molar-refractivity contribution >= 4 is 23.4 Å². The lowest BCUT2D eigenvalue weighted by atomic mass is 10.2.